The third kappa shape index (κ3) is 5.33. The van der Waals surface area contributed by atoms with Crippen LogP contribution in [0.3, 0.4) is 0 Å². The van der Waals surface area contributed by atoms with E-state index in [1.54, 1.807) is 37.4 Å². The van der Waals surface area contributed by atoms with Crippen LogP contribution in [-0.2, 0) is 29.0 Å². The average Bonchev–Trinajstić information content (AvgIpc) is 3.21. The molecule has 0 radical (unpaired) electrons. The Hall–Kier alpha value is -3.40. The van der Waals surface area contributed by atoms with Crippen LogP contribution in [0.4, 0.5) is 0 Å². The first-order valence-electron chi connectivity index (χ1n) is 10.6. The van der Waals surface area contributed by atoms with Gasteiger partial charge in [-0.05, 0) is 30.7 Å². The summed E-state index contributed by atoms with van der Waals surface area (Å²) in [6, 6.07) is 9.47. The Morgan fingerprint density at radius 3 is 2.61 bits per heavy atom. The van der Waals surface area contributed by atoms with Crippen LogP contribution < -0.4 is 4.74 Å². The van der Waals surface area contributed by atoms with Crippen LogP contribution in [0.2, 0.25) is 0 Å². The lowest BCUT2D eigenvalue weighted by Crippen LogP contribution is -2.38. The van der Waals surface area contributed by atoms with Crippen molar-refractivity contribution in [1.82, 2.24) is 24.6 Å². The van der Waals surface area contributed by atoms with Gasteiger partial charge in [0.1, 0.15) is 5.75 Å². The van der Waals surface area contributed by atoms with E-state index >= 15 is 0 Å². The molecule has 2 aromatic heterocycles. The first-order valence-corrected chi connectivity index (χ1v) is 11.6. The highest BCUT2D eigenvalue weighted by Gasteiger charge is 2.30. The fraction of sp³-hybridized carbons (Fsp3) is 0.348. The molecule has 1 aliphatic rings. The molecule has 4 rings (SSSR count). The minimum Gasteiger partial charge on any atom is -0.497 e. The molecule has 1 aliphatic heterocycles. The Bertz CT molecular complexity index is 1120. The SMILES string of the molecule is CCOC(=O)c1nn(Cc2ccc(OC)cc2)c2c1CN(C(=O)CSc1ncccn1)CC2. The first-order chi connectivity index (χ1) is 16.1. The van der Waals surface area contributed by atoms with Crippen LogP contribution in [0.5, 0.6) is 5.75 Å². The molecule has 0 unspecified atom stereocenters. The molecule has 0 saturated heterocycles. The van der Waals surface area contributed by atoms with Crippen molar-refractivity contribution in [2.45, 2.75) is 31.6 Å². The molecule has 9 nitrogen and oxygen atoms in total. The van der Waals surface area contributed by atoms with Crippen LogP contribution in [0.15, 0.2) is 47.9 Å². The molecule has 0 spiro atoms. The maximum atomic E-state index is 12.8. The van der Waals surface area contributed by atoms with E-state index in [9.17, 15) is 9.59 Å². The van der Waals surface area contributed by atoms with Gasteiger partial charge in [0, 0.05) is 43.2 Å². The maximum Gasteiger partial charge on any atom is 0.359 e. The molecule has 1 amide bonds. The normalized spacial score (nSPS) is 12.8. The summed E-state index contributed by atoms with van der Waals surface area (Å²) in [6.45, 7) is 3.41. The summed E-state index contributed by atoms with van der Waals surface area (Å²) in [5.74, 6) is 0.509. The average molecular weight is 468 g/mol. The molecule has 33 heavy (non-hydrogen) atoms. The Morgan fingerprint density at radius 1 is 1.15 bits per heavy atom. The van der Waals surface area contributed by atoms with E-state index in [2.05, 4.69) is 15.1 Å². The number of methoxy groups -OCH3 is 1. The number of rotatable bonds is 8. The largest absolute Gasteiger partial charge is 0.497 e. The number of hydrogen-bond acceptors (Lipinski definition) is 8. The van der Waals surface area contributed by atoms with Gasteiger partial charge in [-0.15, -0.1) is 0 Å². The number of fused-ring (bicyclic) bond motifs is 1. The minimum atomic E-state index is -0.469. The number of amides is 1. The molecule has 3 heterocycles. The van der Waals surface area contributed by atoms with E-state index in [0.29, 0.717) is 31.2 Å². The molecular weight excluding hydrogens is 442 g/mol. The van der Waals surface area contributed by atoms with Gasteiger partial charge in [-0.2, -0.15) is 5.10 Å². The number of aromatic nitrogens is 4. The van der Waals surface area contributed by atoms with E-state index in [4.69, 9.17) is 9.47 Å². The van der Waals surface area contributed by atoms with Gasteiger partial charge in [0.15, 0.2) is 10.9 Å². The summed E-state index contributed by atoms with van der Waals surface area (Å²) >= 11 is 1.30. The zero-order valence-electron chi connectivity index (χ0n) is 18.6. The van der Waals surface area contributed by atoms with Crippen LogP contribution in [0, 0.1) is 0 Å². The number of esters is 1. The summed E-state index contributed by atoms with van der Waals surface area (Å²) in [7, 11) is 1.63. The summed E-state index contributed by atoms with van der Waals surface area (Å²) in [5, 5.41) is 5.14. The van der Waals surface area contributed by atoms with Crippen LogP contribution in [0.1, 0.15) is 34.2 Å². The zero-order chi connectivity index (χ0) is 23.2. The van der Waals surface area contributed by atoms with Gasteiger partial charge in [0.2, 0.25) is 5.91 Å². The van der Waals surface area contributed by atoms with Crippen molar-refractivity contribution < 1.29 is 19.1 Å². The van der Waals surface area contributed by atoms with Gasteiger partial charge >= 0.3 is 5.97 Å². The quantitative estimate of drug-likeness (QED) is 0.283. The molecule has 0 aliphatic carbocycles. The molecule has 0 atom stereocenters. The first kappa shape index (κ1) is 22.8. The molecule has 0 bridgehead atoms. The van der Waals surface area contributed by atoms with Crippen molar-refractivity contribution in [3.63, 3.8) is 0 Å². The van der Waals surface area contributed by atoms with Crippen molar-refractivity contribution >= 4 is 23.6 Å². The van der Waals surface area contributed by atoms with Gasteiger partial charge < -0.3 is 14.4 Å². The lowest BCUT2D eigenvalue weighted by Gasteiger charge is -2.27. The van der Waals surface area contributed by atoms with Crippen molar-refractivity contribution in [2.24, 2.45) is 0 Å². The molecule has 0 N–H and O–H groups in total. The summed E-state index contributed by atoms with van der Waals surface area (Å²) < 4.78 is 12.3. The van der Waals surface area contributed by atoms with Crippen molar-refractivity contribution in [2.75, 3.05) is 26.0 Å². The van der Waals surface area contributed by atoms with Crippen LogP contribution >= 0.6 is 11.8 Å². The minimum absolute atomic E-state index is 0.0317. The van der Waals surface area contributed by atoms with Crippen LogP contribution in [-0.4, -0.2) is 62.5 Å². The summed E-state index contributed by atoms with van der Waals surface area (Å²) in [6.07, 6.45) is 3.90. The van der Waals surface area contributed by atoms with Gasteiger partial charge in [0.25, 0.3) is 0 Å². The highest BCUT2D eigenvalue weighted by molar-refractivity contribution is 7.99. The number of thioether (sulfide) groups is 1. The van der Waals surface area contributed by atoms with E-state index in [-0.39, 0.29) is 24.0 Å². The topological polar surface area (TPSA) is 99.4 Å². The van der Waals surface area contributed by atoms with Gasteiger partial charge in [-0.1, -0.05) is 23.9 Å². The Balaban J connectivity index is 1.53. The number of carbonyl (C=O) groups excluding carboxylic acids is 2. The van der Waals surface area contributed by atoms with E-state index < -0.39 is 5.97 Å². The zero-order valence-corrected chi connectivity index (χ0v) is 19.4. The Morgan fingerprint density at radius 2 is 1.91 bits per heavy atom. The maximum absolute atomic E-state index is 12.8. The number of ether oxygens (including phenoxy) is 2. The molecule has 3 aromatic rings. The summed E-state index contributed by atoms with van der Waals surface area (Å²) in [4.78, 5) is 35.5. The lowest BCUT2D eigenvalue weighted by atomic mass is 10.0. The Kier molecular flexibility index (Phi) is 7.23. The molecule has 10 heteroatoms. The van der Waals surface area contributed by atoms with Gasteiger partial charge in [-0.25, -0.2) is 14.8 Å². The standard InChI is InChI=1S/C23H25N5O4S/c1-3-32-22(30)21-18-14-27(20(29)15-33-23-24-10-4-11-25-23)12-9-19(18)28(26-21)13-16-5-7-17(31-2)8-6-16/h4-8,10-11H,3,9,12-15H2,1-2H3. The summed E-state index contributed by atoms with van der Waals surface area (Å²) in [5.41, 5.74) is 3.02. The lowest BCUT2D eigenvalue weighted by molar-refractivity contribution is -0.129. The number of hydrogen-bond donors (Lipinski definition) is 0. The third-order valence-corrected chi connectivity index (χ3v) is 6.17. The van der Waals surface area contributed by atoms with E-state index in [0.717, 1.165) is 22.6 Å². The van der Waals surface area contributed by atoms with Crippen molar-refractivity contribution in [3.05, 3.63) is 65.2 Å². The van der Waals surface area contributed by atoms with Crippen LogP contribution in [0.25, 0.3) is 0 Å². The number of carbonyl (C=O) groups is 2. The van der Waals surface area contributed by atoms with Crippen molar-refractivity contribution in [3.8, 4) is 5.75 Å². The molecule has 0 fully saturated rings. The van der Waals surface area contributed by atoms with Crippen molar-refractivity contribution in [1.29, 1.82) is 0 Å². The van der Waals surface area contributed by atoms with E-state index in [1.807, 2.05) is 28.9 Å². The van der Waals surface area contributed by atoms with E-state index in [1.165, 1.54) is 11.8 Å². The van der Waals surface area contributed by atoms with Gasteiger partial charge in [-0.3, -0.25) is 9.48 Å². The highest BCUT2D eigenvalue weighted by Crippen LogP contribution is 2.26. The predicted molar refractivity (Wildman–Crippen MR) is 122 cm³/mol. The fourth-order valence-corrected chi connectivity index (χ4v) is 4.39. The fourth-order valence-electron chi connectivity index (χ4n) is 3.68. The molecule has 172 valence electrons. The monoisotopic (exact) mass is 467 g/mol. The Labute approximate surface area is 196 Å². The highest BCUT2D eigenvalue weighted by atomic mass is 32.2. The molecular formula is C23H25N5O4S. The smallest absolute Gasteiger partial charge is 0.359 e. The van der Waals surface area contributed by atoms with Gasteiger partial charge in [0.05, 0.1) is 26.0 Å². The second-order valence-electron chi connectivity index (χ2n) is 7.39. The second kappa shape index (κ2) is 10.5. The second-order valence-corrected chi connectivity index (χ2v) is 8.33. The number of nitrogens with zero attached hydrogens (tertiary/aromatic N) is 5. The number of benzene rings is 1. The molecule has 1 aromatic carbocycles. The predicted octanol–water partition coefficient (Wildman–Crippen LogP) is 2.58. The third-order valence-electron chi connectivity index (χ3n) is 5.31. The molecule has 0 saturated carbocycles.